The van der Waals surface area contributed by atoms with E-state index >= 15 is 0 Å². The first-order valence-corrected chi connectivity index (χ1v) is 10.1. The number of imide groups is 1. The summed E-state index contributed by atoms with van der Waals surface area (Å²) in [6, 6.07) is 16.8. The van der Waals surface area contributed by atoms with Crippen LogP contribution in [0, 0.1) is 0 Å². The molecule has 29 heavy (non-hydrogen) atoms. The minimum absolute atomic E-state index is 0.239. The Hall–Kier alpha value is -2.95. The summed E-state index contributed by atoms with van der Waals surface area (Å²) in [5.74, 6) is -0.157. The van der Waals surface area contributed by atoms with E-state index < -0.39 is 11.6 Å². The number of ketones is 1. The lowest BCUT2D eigenvalue weighted by molar-refractivity contribution is -0.130. The average molecular weight is 392 g/mol. The molecule has 1 heterocycles. The first kappa shape index (κ1) is 20.8. The standard InChI is InChI=1S/C24H28N2O3/c1-4-17(2)19-10-12-20(13-11-19)21(27)16-26-22(28)24(3,25-23(26)29)15-14-18-8-6-5-7-9-18/h5-13,17H,4,14-16H2,1-3H3,(H,25,29). The van der Waals surface area contributed by atoms with Crippen LogP contribution in [0.3, 0.4) is 0 Å². The maximum Gasteiger partial charge on any atom is 0.325 e. The van der Waals surface area contributed by atoms with Gasteiger partial charge in [0.05, 0.1) is 6.54 Å². The van der Waals surface area contributed by atoms with Crippen LogP contribution in [0.5, 0.6) is 0 Å². The number of rotatable bonds is 8. The number of amides is 3. The molecule has 1 aliphatic heterocycles. The van der Waals surface area contributed by atoms with E-state index in [9.17, 15) is 14.4 Å². The molecule has 1 fully saturated rings. The van der Waals surface area contributed by atoms with Crippen molar-refractivity contribution in [2.75, 3.05) is 6.54 Å². The lowest BCUT2D eigenvalue weighted by Crippen LogP contribution is -2.44. The van der Waals surface area contributed by atoms with E-state index in [0.717, 1.165) is 16.9 Å². The SMILES string of the molecule is CCC(C)c1ccc(C(=O)CN2C(=O)NC(C)(CCc3ccccc3)C2=O)cc1. The van der Waals surface area contributed by atoms with Crippen LogP contribution in [0.4, 0.5) is 4.79 Å². The second kappa shape index (κ2) is 8.60. The van der Waals surface area contributed by atoms with Gasteiger partial charge in [-0.25, -0.2) is 4.79 Å². The topological polar surface area (TPSA) is 66.5 Å². The van der Waals surface area contributed by atoms with Crippen LogP contribution in [-0.4, -0.2) is 34.7 Å². The van der Waals surface area contributed by atoms with Gasteiger partial charge in [0.15, 0.2) is 5.78 Å². The Morgan fingerprint density at radius 3 is 2.34 bits per heavy atom. The van der Waals surface area contributed by atoms with Crippen molar-refractivity contribution in [3.8, 4) is 0 Å². The van der Waals surface area contributed by atoms with Crippen molar-refractivity contribution in [3.63, 3.8) is 0 Å². The highest BCUT2D eigenvalue weighted by Crippen LogP contribution is 2.24. The van der Waals surface area contributed by atoms with E-state index in [1.807, 2.05) is 42.5 Å². The molecular formula is C24H28N2O3. The smallest absolute Gasteiger partial charge is 0.323 e. The van der Waals surface area contributed by atoms with Crippen molar-refractivity contribution in [3.05, 3.63) is 71.3 Å². The zero-order valence-corrected chi connectivity index (χ0v) is 17.3. The van der Waals surface area contributed by atoms with Gasteiger partial charge in [-0.05, 0) is 43.2 Å². The van der Waals surface area contributed by atoms with Gasteiger partial charge in [0, 0.05) is 5.56 Å². The lowest BCUT2D eigenvalue weighted by atomic mass is 9.93. The van der Waals surface area contributed by atoms with Crippen molar-refractivity contribution in [2.45, 2.75) is 51.5 Å². The lowest BCUT2D eigenvalue weighted by Gasteiger charge is -2.21. The predicted octanol–water partition coefficient (Wildman–Crippen LogP) is 4.33. The molecule has 1 saturated heterocycles. The van der Waals surface area contributed by atoms with Crippen molar-refractivity contribution < 1.29 is 14.4 Å². The minimum atomic E-state index is -0.992. The number of aryl methyl sites for hydroxylation is 1. The third kappa shape index (κ3) is 4.56. The molecule has 1 N–H and O–H groups in total. The van der Waals surface area contributed by atoms with Gasteiger partial charge in [0.2, 0.25) is 0 Å². The van der Waals surface area contributed by atoms with Crippen molar-refractivity contribution in [1.29, 1.82) is 0 Å². The Bertz CT molecular complexity index is 892. The number of carbonyl (C=O) groups is 3. The molecular weight excluding hydrogens is 364 g/mol. The molecule has 3 rings (SSSR count). The number of nitrogens with one attached hydrogen (secondary N) is 1. The van der Waals surface area contributed by atoms with Gasteiger partial charge in [-0.15, -0.1) is 0 Å². The fraction of sp³-hybridized carbons (Fsp3) is 0.375. The molecule has 5 nitrogen and oxygen atoms in total. The summed E-state index contributed by atoms with van der Waals surface area (Å²) in [6.45, 7) is 5.74. The molecule has 2 aromatic carbocycles. The van der Waals surface area contributed by atoms with Gasteiger partial charge in [0.1, 0.15) is 5.54 Å². The summed E-state index contributed by atoms with van der Waals surface area (Å²) < 4.78 is 0. The van der Waals surface area contributed by atoms with E-state index in [2.05, 4.69) is 19.2 Å². The molecule has 2 unspecified atom stereocenters. The van der Waals surface area contributed by atoms with Crippen LogP contribution in [0.1, 0.15) is 61.0 Å². The quantitative estimate of drug-likeness (QED) is 0.537. The van der Waals surface area contributed by atoms with E-state index in [-0.39, 0.29) is 18.2 Å². The Labute approximate surface area is 172 Å². The Balaban J connectivity index is 1.65. The first-order valence-electron chi connectivity index (χ1n) is 10.1. The molecule has 0 aliphatic carbocycles. The molecule has 0 spiro atoms. The van der Waals surface area contributed by atoms with Crippen molar-refractivity contribution >= 4 is 17.7 Å². The second-order valence-corrected chi connectivity index (χ2v) is 7.99. The van der Waals surface area contributed by atoms with Gasteiger partial charge in [0.25, 0.3) is 5.91 Å². The first-order chi connectivity index (χ1) is 13.8. The summed E-state index contributed by atoms with van der Waals surface area (Å²) in [5, 5.41) is 2.77. The summed E-state index contributed by atoms with van der Waals surface area (Å²) in [6.07, 6.45) is 2.18. The van der Waals surface area contributed by atoms with Crippen LogP contribution in [0.25, 0.3) is 0 Å². The maximum atomic E-state index is 12.9. The third-order valence-electron chi connectivity index (χ3n) is 5.82. The van der Waals surface area contributed by atoms with Gasteiger partial charge in [-0.2, -0.15) is 0 Å². The monoisotopic (exact) mass is 392 g/mol. The van der Waals surface area contributed by atoms with Crippen LogP contribution in [-0.2, 0) is 11.2 Å². The Kier molecular flexibility index (Phi) is 6.16. The molecule has 0 bridgehead atoms. The van der Waals surface area contributed by atoms with Crippen LogP contribution in [0.2, 0.25) is 0 Å². The normalized spacial score (nSPS) is 19.9. The van der Waals surface area contributed by atoms with Crippen LogP contribution < -0.4 is 5.32 Å². The Morgan fingerprint density at radius 2 is 1.72 bits per heavy atom. The van der Waals surface area contributed by atoms with E-state index in [1.54, 1.807) is 19.1 Å². The minimum Gasteiger partial charge on any atom is -0.323 e. The molecule has 3 amide bonds. The number of Topliss-reactive ketones (excluding diaryl/α,β-unsaturated/α-hetero) is 1. The summed E-state index contributed by atoms with van der Waals surface area (Å²) in [7, 11) is 0. The van der Waals surface area contributed by atoms with E-state index in [0.29, 0.717) is 24.3 Å². The molecule has 5 heteroatoms. The number of nitrogens with zero attached hydrogens (tertiary/aromatic N) is 1. The fourth-order valence-electron chi connectivity index (χ4n) is 3.57. The van der Waals surface area contributed by atoms with Crippen LogP contribution >= 0.6 is 0 Å². The van der Waals surface area contributed by atoms with E-state index in [1.165, 1.54) is 5.56 Å². The number of carbonyl (C=O) groups excluding carboxylic acids is 3. The molecule has 1 aliphatic rings. The zero-order valence-electron chi connectivity index (χ0n) is 17.3. The fourth-order valence-corrected chi connectivity index (χ4v) is 3.57. The maximum absolute atomic E-state index is 12.9. The molecule has 0 saturated carbocycles. The molecule has 152 valence electrons. The predicted molar refractivity (Wildman–Crippen MR) is 113 cm³/mol. The van der Waals surface area contributed by atoms with Gasteiger partial charge >= 0.3 is 6.03 Å². The van der Waals surface area contributed by atoms with Gasteiger partial charge in [-0.3, -0.25) is 14.5 Å². The highest BCUT2D eigenvalue weighted by atomic mass is 16.2. The number of benzene rings is 2. The number of hydrogen-bond donors (Lipinski definition) is 1. The zero-order chi connectivity index (χ0) is 21.0. The summed E-state index contributed by atoms with van der Waals surface area (Å²) in [4.78, 5) is 39.0. The molecule has 0 aromatic heterocycles. The number of urea groups is 1. The van der Waals surface area contributed by atoms with Crippen molar-refractivity contribution in [1.82, 2.24) is 10.2 Å². The number of hydrogen-bond acceptors (Lipinski definition) is 3. The van der Waals surface area contributed by atoms with Gasteiger partial charge < -0.3 is 5.32 Å². The molecule has 2 aromatic rings. The average Bonchev–Trinajstić information content (AvgIpc) is 2.96. The van der Waals surface area contributed by atoms with Crippen LogP contribution in [0.15, 0.2) is 54.6 Å². The molecule has 0 radical (unpaired) electrons. The largest absolute Gasteiger partial charge is 0.325 e. The summed E-state index contributed by atoms with van der Waals surface area (Å²) in [5.41, 5.74) is 1.79. The Morgan fingerprint density at radius 1 is 1.07 bits per heavy atom. The highest BCUT2D eigenvalue weighted by Gasteiger charge is 2.47. The summed E-state index contributed by atoms with van der Waals surface area (Å²) >= 11 is 0. The van der Waals surface area contributed by atoms with Crippen molar-refractivity contribution in [2.24, 2.45) is 0 Å². The van der Waals surface area contributed by atoms with Gasteiger partial charge in [-0.1, -0.05) is 68.4 Å². The molecule has 2 atom stereocenters. The highest BCUT2D eigenvalue weighted by molar-refractivity contribution is 6.11. The third-order valence-corrected chi connectivity index (χ3v) is 5.82. The second-order valence-electron chi connectivity index (χ2n) is 7.99. The van der Waals surface area contributed by atoms with E-state index in [4.69, 9.17) is 0 Å².